The molecule has 1 saturated carbocycles. The fraction of sp³-hybridized carbons (Fsp3) is 0.519. The number of alkyl halides is 6. The zero-order valence-electron chi connectivity index (χ0n) is 20.7. The molecule has 4 rings (SSSR count). The van der Waals surface area contributed by atoms with E-state index < -0.39 is 53.5 Å². The van der Waals surface area contributed by atoms with Crippen LogP contribution >= 0.6 is 0 Å². The van der Waals surface area contributed by atoms with Gasteiger partial charge in [0.25, 0.3) is 0 Å². The van der Waals surface area contributed by atoms with Gasteiger partial charge in [-0.05, 0) is 86.5 Å². The number of halogens is 7. The van der Waals surface area contributed by atoms with Crippen LogP contribution < -0.4 is 5.73 Å². The minimum absolute atomic E-state index is 0.0372. The maximum absolute atomic E-state index is 13.7. The molecule has 5 atom stereocenters. The quantitative estimate of drug-likeness (QED) is 0.406. The first-order chi connectivity index (χ1) is 17.7. The van der Waals surface area contributed by atoms with Crippen molar-refractivity contribution in [3.05, 3.63) is 70.5 Å². The number of nitrogens with two attached hydrogens (primary N) is 1. The molecule has 1 aliphatic carbocycles. The molecule has 1 saturated heterocycles. The van der Waals surface area contributed by atoms with Crippen molar-refractivity contribution in [3.8, 4) is 0 Å². The zero-order valence-corrected chi connectivity index (χ0v) is 20.7. The third-order valence-electron chi connectivity index (χ3n) is 7.60. The van der Waals surface area contributed by atoms with Crippen molar-refractivity contribution < 1.29 is 40.3 Å². The normalized spacial score (nSPS) is 25.6. The number of carbonyl (C=O) groups excluding carboxylic acids is 1. The van der Waals surface area contributed by atoms with Crippen LogP contribution in [0.3, 0.4) is 0 Å². The summed E-state index contributed by atoms with van der Waals surface area (Å²) in [5.41, 5.74) is 3.28. The Bertz CT molecular complexity index is 1100. The van der Waals surface area contributed by atoms with E-state index in [9.17, 15) is 35.5 Å². The van der Waals surface area contributed by atoms with Crippen molar-refractivity contribution in [1.29, 1.82) is 0 Å². The predicted octanol–water partition coefficient (Wildman–Crippen LogP) is 6.45. The molecule has 0 aromatic heterocycles. The smallest absolute Gasteiger partial charge is 0.370 e. The van der Waals surface area contributed by atoms with Crippen LogP contribution in [0, 0.1) is 11.7 Å². The van der Waals surface area contributed by atoms with E-state index in [1.807, 2.05) is 4.90 Å². The van der Waals surface area contributed by atoms with Crippen molar-refractivity contribution in [2.75, 3.05) is 13.1 Å². The van der Waals surface area contributed by atoms with Gasteiger partial charge in [0.05, 0.1) is 29.4 Å². The summed E-state index contributed by atoms with van der Waals surface area (Å²) in [5, 5.41) is 0. The molecule has 2 aromatic rings. The van der Waals surface area contributed by atoms with Crippen LogP contribution in [-0.2, 0) is 21.9 Å². The summed E-state index contributed by atoms with van der Waals surface area (Å²) >= 11 is 0. The van der Waals surface area contributed by atoms with E-state index in [2.05, 4.69) is 0 Å². The molecule has 0 bridgehead atoms. The lowest BCUT2D eigenvalue weighted by Crippen LogP contribution is -2.43. The van der Waals surface area contributed by atoms with Gasteiger partial charge in [-0.3, -0.25) is 9.69 Å². The monoisotopic (exact) mass is 546 g/mol. The molecule has 2 fully saturated rings. The number of rotatable bonds is 7. The van der Waals surface area contributed by atoms with Crippen LogP contribution in [-0.4, -0.2) is 36.0 Å². The second-order valence-corrected chi connectivity index (χ2v) is 10.1. The van der Waals surface area contributed by atoms with Gasteiger partial charge < -0.3 is 10.5 Å². The molecule has 0 radical (unpaired) electrons. The Morgan fingerprint density at radius 3 is 2.16 bits per heavy atom. The topological polar surface area (TPSA) is 55.6 Å². The Kier molecular flexibility index (Phi) is 8.09. The van der Waals surface area contributed by atoms with Crippen LogP contribution in [0.2, 0.25) is 0 Å². The minimum atomic E-state index is -4.96. The number of nitrogens with zero attached hydrogens (tertiary/aromatic N) is 1. The van der Waals surface area contributed by atoms with Gasteiger partial charge in [0.1, 0.15) is 5.82 Å². The second-order valence-electron chi connectivity index (χ2n) is 10.1. The maximum atomic E-state index is 13.7. The van der Waals surface area contributed by atoms with Crippen molar-refractivity contribution >= 4 is 5.91 Å². The number of ether oxygens (including phenoxy) is 1. The standard InChI is InChI=1S/C27H29F7N2O2/c1-15(18-11-19(26(29,30)31)13-20(12-18)27(32,33)34)38-23-9-6-17(14-36-10-2-3-22(36)25(35)37)24(23)16-4-7-21(28)8-5-16/h4-5,7-8,11-13,15,17,22-24H,2-3,6,9-10,14H2,1H3,(H2,35,37)/t15-,17-,22+,23+,24-/m1/s1. The minimum Gasteiger partial charge on any atom is -0.370 e. The van der Waals surface area contributed by atoms with Gasteiger partial charge in [-0.25, -0.2) is 4.39 Å². The number of benzene rings is 2. The average molecular weight is 547 g/mol. The summed E-state index contributed by atoms with van der Waals surface area (Å²) < 4.78 is 100. The van der Waals surface area contributed by atoms with Crippen molar-refractivity contribution in [1.82, 2.24) is 4.90 Å². The van der Waals surface area contributed by atoms with Gasteiger partial charge in [0, 0.05) is 12.5 Å². The number of hydrogen-bond donors (Lipinski definition) is 1. The molecule has 0 unspecified atom stereocenters. The molecule has 38 heavy (non-hydrogen) atoms. The van der Waals surface area contributed by atoms with E-state index in [-0.39, 0.29) is 23.5 Å². The fourth-order valence-corrected chi connectivity index (χ4v) is 5.79. The third kappa shape index (κ3) is 6.31. The highest BCUT2D eigenvalue weighted by Gasteiger charge is 2.42. The highest BCUT2D eigenvalue weighted by Crippen LogP contribution is 2.45. The molecular formula is C27H29F7N2O2. The fourth-order valence-electron chi connectivity index (χ4n) is 5.79. The van der Waals surface area contributed by atoms with Gasteiger partial charge in [-0.1, -0.05) is 12.1 Å². The molecule has 11 heteroatoms. The van der Waals surface area contributed by atoms with Gasteiger partial charge in [-0.15, -0.1) is 0 Å². The van der Waals surface area contributed by atoms with Crippen molar-refractivity contribution in [3.63, 3.8) is 0 Å². The lowest BCUT2D eigenvalue weighted by molar-refractivity contribution is -0.143. The molecule has 1 aliphatic heterocycles. The lowest BCUT2D eigenvalue weighted by Gasteiger charge is -2.32. The Balaban J connectivity index is 1.61. The Morgan fingerprint density at radius 2 is 1.61 bits per heavy atom. The van der Waals surface area contributed by atoms with E-state index in [0.29, 0.717) is 44.5 Å². The summed E-state index contributed by atoms with van der Waals surface area (Å²) in [5.74, 6) is -1.19. The maximum Gasteiger partial charge on any atom is 0.416 e. The molecule has 2 aromatic carbocycles. The number of carbonyl (C=O) groups is 1. The number of primary amides is 1. The molecule has 2 aliphatic rings. The molecule has 1 amide bonds. The summed E-state index contributed by atoms with van der Waals surface area (Å²) in [6, 6.07) is 6.89. The van der Waals surface area contributed by atoms with Crippen LogP contribution in [0.15, 0.2) is 42.5 Å². The van der Waals surface area contributed by atoms with Gasteiger partial charge in [0.15, 0.2) is 0 Å². The summed E-state index contributed by atoms with van der Waals surface area (Å²) in [4.78, 5) is 13.9. The van der Waals surface area contributed by atoms with E-state index in [1.165, 1.54) is 19.1 Å². The van der Waals surface area contributed by atoms with Crippen LogP contribution in [0.5, 0.6) is 0 Å². The largest absolute Gasteiger partial charge is 0.416 e. The number of likely N-dealkylation sites (tertiary alicyclic amines) is 1. The molecule has 1 heterocycles. The lowest BCUT2D eigenvalue weighted by atomic mass is 9.86. The molecule has 2 N–H and O–H groups in total. The van der Waals surface area contributed by atoms with E-state index in [4.69, 9.17) is 10.5 Å². The Labute approximate surface area is 215 Å². The van der Waals surface area contributed by atoms with Gasteiger partial charge in [0.2, 0.25) is 5.91 Å². The van der Waals surface area contributed by atoms with Crippen molar-refractivity contribution in [2.45, 2.75) is 69.1 Å². The molecule has 4 nitrogen and oxygen atoms in total. The van der Waals surface area contributed by atoms with E-state index in [0.717, 1.165) is 12.0 Å². The number of hydrogen-bond acceptors (Lipinski definition) is 3. The van der Waals surface area contributed by atoms with E-state index in [1.54, 1.807) is 12.1 Å². The first kappa shape index (κ1) is 28.4. The van der Waals surface area contributed by atoms with Crippen LogP contribution in [0.25, 0.3) is 0 Å². The second kappa shape index (κ2) is 10.8. The molecular weight excluding hydrogens is 517 g/mol. The highest BCUT2D eigenvalue weighted by atomic mass is 19.4. The first-order valence-corrected chi connectivity index (χ1v) is 12.5. The summed E-state index contributed by atoms with van der Waals surface area (Å²) in [6.45, 7) is 2.63. The summed E-state index contributed by atoms with van der Waals surface area (Å²) in [7, 11) is 0. The van der Waals surface area contributed by atoms with Crippen LogP contribution in [0.1, 0.15) is 66.9 Å². The third-order valence-corrected chi connectivity index (χ3v) is 7.60. The van der Waals surface area contributed by atoms with Crippen LogP contribution in [0.4, 0.5) is 30.7 Å². The molecule has 208 valence electrons. The van der Waals surface area contributed by atoms with Gasteiger partial charge in [-0.2, -0.15) is 26.3 Å². The Hall–Kier alpha value is -2.66. The average Bonchev–Trinajstić information content (AvgIpc) is 3.46. The van der Waals surface area contributed by atoms with Crippen molar-refractivity contribution in [2.24, 2.45) is 11.7 Å². The highest BCUT2D eigenvalue weighted by molar-refractivity contribution is 5.80. The molecule has 0 spiro atoms. The SMILES string of the molecule is C[C@@H](O[C@H]1CC[C@H](CN2CCC[C@H]2C(N)=O)[C@H]1c1ccc(F)cc1)c1cc(C(F)(F)F)cc(C(F)(F)F)c1. The van der Waals surface area contributed by atoms with Gasteiger partial charge >= 0.3 is 12.4 Å². The summed E-state index contributed by atoms with van der Waals surface area (Å²) in [6.07, 6.45) is -8.93. The number of amides is 1. The van der Waals surface area contributed by atoms with E-state index >= 15 is 0 Å². The predicted molar refractivity (Wildman–Crippen MR) is 125 cm³/mol. The zero-order chi connectivity index (χ0) is 27.8. The Morgan fingerprint density at radius 1 is 1.00 bits per heavy atom. The first-order valence-electron chi connectivity index (χ1n) is 12.5.